The number of rotatable bonds is 4. The summed E-state index contributed by atoms with van der Waals surface area (Å²) in [6.07, 6.45) is 2.87. The van der Waals surface area contributed by atoms with Crippen molar-refractivity contribution in [2.45, 2.75) is 13.5 Å². The Balaban J connectivity index is 1.58. The summed E-state index contributed by atoms with van der Waals surface area (Å²) in [4.78, 5) is 37.4. The zero-order valence-corrected chi connectivity index (χ0v) is 15.8. The first-order valence-electron chi connectivity index (χ1n) is 9.10. The average molecular weight is 393 g/mol. The van der Waals surface area contributed by atoms with Crippen molar-refractivity contribution < 1.29 is 14.3 Å². The van der Waals surface area contributed by atoms with E-state index < -0.39 is 17.0 Å². The van der Waals surface area contributed by atoms with Crippen LogP contribution in [0.5, 0.6) is 11.5 Å². The molecule has 29 heavy (non-hydrogen) atoms. The summed E-state index contributed by atoms with van der Waals surface area (Å²) >= 11 is 0. The Morgan fingerprint density at radius 3 is 2.55 bits per heavy atom. The van der Waals surface area contributed by atoms with Gasteiger partial charge < -0.3 is 14.8 Å². The van der Waals surface area contributed by atoms with Crippen molar-refractivity contribution in [1.29, 1.82) is 0 Å². The lowest BCUT2D eigenvalue weighted by atomic mass is 10.2. The van der Waals surface area contributed by atoms with E-state index in [-0.39, 0.29) is 6.54 Å². The monoisotopic (exact) mass is 393 g/mol. The van der Waals surface area contributed by atoms with Crippen LogP contribution in [-0.2, 0) is 11.3 Å². The van der Waals surface area contributed by atoms with Gasteiger partial charge in [0.2, 0.25) is 5.91 Å². The predicted octanol–water partition coefficient (Wildman–Crippen LogP) is 1.72. The number of nitrogens with zero attached hydrogens (tertiary/aromatic N) is 2. The average Bonchev–Trinajstić information content (AvgIpc) is 2.73. The summed E-state index contributed by atoms with van der Waals surface area (Å²) in [5.41, 5.74) is 0.500. The maximum absolute atomic E-state index is 12.6. The molecule has 148 valence electrons. The van der Waals surface area contributed by atoms with Crippen LogP contribution in [0, 0.1) is 6.92 Å². The zero-order chi connectivity index (χ0) is 20.4. The summed E-state index contributed by atoms with van der Waals surface area (Å²) in [5.74, 6) is 0.717. The molecule has 0 unspecified atom stereocenters. The third-order valence-corrected chi connectivity index (χ3v) is 4.60. The van der Waals surface area contributed by atoms with Gasteiger partial charge in [0.05, 0.1) is 5.69 Å². The van der Waals surface area contributed by atoms with Gasteiger partial charge in [0.1, 0.15) is 19.8 Å². The number of amides is 1. The largest absolute Gasteiger partial charge is 0.486 e. The Bertz CT molecular complexity index is 1200. The number of ether oxygens (including phenoxy) is 2. The molecule has 0 spiro atoms. The number of para-hydroxylation sites is 1. The van der Waals surface area contributed by atoms with E-state index in [1.165, 1.54) is 17.0 Å². The van der Waals surface area contributed by atoms with Crippen molar-refractivity contribution >= 4 is 11.6 Å². The predicted molar refractivity (Wildman–Crippen MR) is 107 cm³/mol. The number of carbonyl (C=O) groups excluding carboxylic acids is 1. The van der Waals surface area contributed by atoms with Gasteiger partial charge in [-0.3, -0.25) is 23.5 Å². The lowest BCUT2D eigenvalue weighted by Gasteiger charge is -2.19. The molecule has 1 amide bonds. The lowest BCUT2D eigenvalue weighted by molar-refractivity contribution is -0.116. The Morgan fingerprint density at radius 1 is 1.00 bits per heavy atom. The minimum absolute atomic E-state index is 0.260. The van der Waals surface area contributed by atoms with Crippen molar-refractivity contribution in [1.82, 2.24) is 9.13 Å². The minimum atomic E-state index is -0.790. The molecule has 8 heteroatoms. The van der Waals surface area contributed by atoms with Crippen molar-refractivity contribution in [2.24, 2.45) is 0 Å². The number of hydrogen-bond acceptors (Lipinski definition) is 5. The van der Waals surface area contributed by atoms with E-state index in [4.69, 9.17) is 9.47 Å². The maximum Gasteiger partial charge on any atom is 0.320 e. The molecule has 0 atom stereocenters. The van der Waals surface area contributed by atoms with Gasteiger partial charge in [-0.15, -0.1) is 0 Å². The number of aryl methyl sites for hydroxylation is 1. The fourth-order valence-electron chi connectivity index (χ4n) is 3.08. The second kappa shape index (κ2) is 7.67. The molecule has 1 aromatic heterocycles. The number of anilines is 1. The summed E-state index contributed by atoms with van der Waals surface area (Å²) in [6.45, 7) is 2.50. The van der Waals surface area contributed by atoms with E-state index in [1.54, 1.807) is 24.3 Å². The zero-order valence-electron chi connectivity index (χ0n) is 15.8. The SMILES string of the molecule is Cc1ccccc1NC(=O)Cn1ccn(-c2ccc3c(c2)OCCO3)c(=O)c1=O. The molecule has 1 aliphatic rings. The van der Waals surface area contributed by atoms with Crippen LogP contribution in [0.1, 0.15) is 5.56 Å². The van der Waals surface area contributed by atoms with Crippen LogP contribution in [0.25, 0.3) is 5.69 Å². The van der Waals surface area contributed by atoms with E-state index in [2.05, 4.69) is 5.32 Å². The van der Waals surface area contributed by atoms with Gasteiger partial charge in [0, 0.05) is 24.1 Å². The summed E-state index contributed by atoms with van der Waals surface area (Å²) in [7, 11) is 0. The van der Waals surface area contributed by atoms with Crippen LogP contribution in [0.3, 0.4) is 0 Å². The van der Waals surface area contributed by atoms with Gasteiger partial charge in [-0.25, -0.2) is 0 Å². The van der Waals surface area contributed by atoms with Crippen molar-refractivity contribution in [2.75, 3.05) is 18.5 Å². The molecule has 3 aromatic rings. The van der Waals surface area contributed by atoms with Crippen molar-refractivity contribution in [3.05, 3.63) is 81.1 Å². The quantitative estimate of drug-likeness (QED) is 0.682. The number of benzene rings is 2. The smallest absolute Gasteiger partial charge is 0.320 e. The molecule has 2 aromatic carbocycles. The van der Waals surface area contributed by atoms with Crippen LogP contribution >= 0.6 is 0 Å². The second-order valence-corrected chi connectivity index (χ2v) is 6.60. The van der Waals surface area contributed by atoms with E-state index >= 15 is 0 Å². The molecule has 1 aliphatic heterocycles. The van der Waals surface area contributed by atoms with Crippen LogP contribution in [0.2, 0.25) is 0 Å². The van der Waals surface area contributed by atoms with Crippen LogP contribution in [0.4, 0.5) is 5.69 Å². The van der Waals surface area contributed by atoms with Gasteiger partial charge >= 0.3 is 11.1 Å². The lowest BCUT2D eigenvalue weighted by Crippen LogP contribution is -2.41. The topological polar surface area (TPSA) is 91.6 Å². The maximum atomic E-state index is 12.6. The highest BCUT2D eigenvalue weighted by Crippen LogP contribution is 2.31. The number of fused-ring (bicyclic) bond motifs is 1. The molecular formula is C21H19N3O5. The molecule has 1 N–H and O–H groups in total. The fourth-order valence-corrected chi connectivity index (χ4v) is 3.08. The number of carbonyl (C=O) groups is 1. The first-order valence-corrected chi connectivity index (χ1v) is 9.10. The van der Waals surface area contributed by atoms with Gasteiger partial charge in [-0.05, 0) is 30.7 Å². The Kier molecular flexibility index (Phi) is 4.90. The third-order valence-electron chi connectivity index (χ3n) is 4.60. The van der Waals surface area contributed by atoms with E-state index in [1.807, 2.05) is 25.1 Å². The van der Waals surface area contributed by atoms with E-state index in [9.17, 15) is 14.4 Å². The first kappa shape index (κ1) is 18.5. The molecule has 0 fully saturated rings. The summed E-state index contributed by atoms with van der Waals surface area (Å²) < 4.78 is 13.3. The van der Waals surface area contributed by atoms with E-state index in [0.717, 1.165) is 10.1 Å². The minimum Gasteiger partial charge on any atom is -0.486 e. The first-order chi connectivity index (χ1) is 14.0. The highest BCUT2D eigenvalue weighted by molar-refractivity contribution is 5.91. The highest BCUT2D eigenvalue weighted by Gasteiger charge is 2.15. The Hall–Kier alpha value is -3.81. The molecular weight excluding hydrogens is 374 g/mol. The molecule has 4 rings (SSSR count). The Morgan fingerprint density at radius 2 is 1.76 bits per heavy atom. The van der Waals surface area contributed by atoms with E-state index in [0.29, 0.717) is 36.1 Å². The molecule has 0 saturated carbocycles. The number of nitrogens with one attached hydrogen (secondary N) is 1. The molecule has 8 nitrogen and oxygen atoms in total. The van der Waals surface area contributed by atoms with Gasteiger partial charge in [0.25, 0.3) is 0 Å². The second-order valence-electron chi connectivity index (χ2n) is 6.60. The van der Waals surface area contributed by atoms with Gasteiger partial charge in [0.15, 0.2) is 11.5 Å². The molecule has 0 bridgehead atoms. The summed E-state index contributed by atoms with van der Waals surface area (Å²) in [5, 5.41) is 2.75. The normalized spacial score (nSPS) is 12.4. The molecule has 2 heterocycles. The highest BCUT2D eigenvalue weighted by atomic mass is 16.6. The molecule has 0 radical (unpaired) electrons. The molecule has 0 saturated heterocycles. The number of hydrogen-bond donors (Lipinski definition) is 1. The third kappa shape index (κ3) is 3.77. The van der Waals surface area contributed by atoms with Crippen molar-refractivity contribution in [3.8, 4) is 17.2 Å². The van der Waals surface area contributed by atoms with Crippen LogP contribution in [0.15, 0.2) is 64.4 Å². The van der Waals surface area contributed by atoms with Crippen LogP contribution < -0.4 is 25.9 Å². The molecule has 0 aliphatic carbocycles. The van der Waals surface area contributed by atoms with Gasteiger partial charge in [-0.2, -0.15) is 0 Å². The van der Waals surface area contributed by atoms with Crippen molar-refractivity contribution in [3.63, 3.8) is 0 Å². The summed E-state index contributed by atoms with van der Waals surface area (Å²) in [6, 6.07) is 12.3. The Labute approximate surface area is 165 Å². The van der Waals surface area contributed by atoms with Crippen LogP contribution in [-0.4, -0.2) is 28.3 Å². The standard InChI is InChI=1S/C21H19N3O5/c1-14-4-2-3-5-16(14)22-19(25)13-23-8-9-24(21(27)20(23)26)15-6-7-17-18(12-15)29-11-10-28-17/h2-9,12H,10-11,13H2,1H3,(H,22,25). The fraction of sp³-hybridized carbons (Fsp3) is 0.190. The number of aromatic nitrogens is 2. The van der Waals surface area contributed by atoms with Gasteiger partial charge in [-0.1, -0.05) is 18.2 Å².